The summed E-state index contributed by atoms with van der Waals surface area (Å²) in [7, 11) is 0. The monoisotopic (exact) mass is 412 g/mol. The highest BCUT2D eigenvalue weighted by Gasteiger charge is 2.22. The van der Waals surface area contributed by atoms with Crippen molar-refractivity contribution in [3.63, 3.8) is 0 Å². The number of ether oxygens (including phenoxy) is 2. The zero-order valence-corrected chi connectivity index (χ0v) is 16.3. The molecule has 0 saturated heterocycles. The first-order valence-corrected chi connectivity index (χ1v) is 9.37. The summed E-state index contributed by atoms with van der Waals surface area (Å²) in [6.07, 6.45) is 0. The Morgan fingerprint density at radius 1 is 1.03 bits per heavy atom. The van der Waals surface area contributed by atoms with Gasteiger partial charge in [-0.25, -0.2) is 4.79 Å². The van der Waals surface area contributed by atoms with Gasteiger partial charge in [0.25, 0.3) is 5.89 Å². The number of carbonyl (C=O) groups is 1. The minimum Gasteiger partial charge on any atom is -0.450 e. The molecule has 0 radical (unpaired) electrons. The van der Waals surface area contributed by atoms with Crippen molar-refractivity contribution in [1.29, 1.82) is 0 Å². The largest absolute Gasteiger partial charge is 0.450 e. The van der Waals surface area contributed by atoms with Crippen LogP contribution in [0.25, 0.3) is 22.4 Å². The molecule has 2 aromatic heterocycles. The molecular weight excluding hydrogens is 396 g/mol. The number of esters is 1. The lowest BCUT2D eigenvalue weighted by Crippen LogP contribution is -2.08. The van der Waals surface area contributed by atoms with Gasteiger partial charge < -0.3 is 18.3 Å². The first kappa shape index (κ1) is 19.2. The summed E-state index contributed by atoms with van der Waals surface area (Å²) in [6, 6.07) is 14.4. The molecule has 2 aromatic carbocycles. The molecule has 8 heteroatoms. The number of halogens is 1. The van der Waals surface area contributed by atoms with E-state index in [9.17, 15) is 4.79 Å². The number of para-hydroxylation sites is 1. The van der Waals surface area contributed by atoms with Gasteiger partial charge in [-0.2, -0.15) is 0 Å². The second kappa shape index (κ2) is 8.46. The predicted octanol–water partition coefficient (Wildman–Crippen LogP) is 5.03. The Kier molecular flexibility index (Phi) is 5.59. The molecule has 2 heterocycles. The second-order valence-corrected chi connectivity index (χ2v) is 6.56. The highest BCUT2D eigenvalue weighted by atomic mass is 35.5. The first-order chi connectivity index (χ1) is 14.2. The number of furan rings is 1. The van der Waals surface area contributed by atoms with E-state index >= 15 is 0 Å². The molecule has 7 nitrogen and oxygen atoms in total. The molecular formula is C21H17ClN2O5. The fourth-order valence-corrected chi connectivity index (χ4v) is 2.95. The van der Waals surface area contributed by atoms with Crippen LogP contribution < -0.4 is 0 Å². The zero-order valence-electron chi connectivity index (χ0n) is 15.6. The Bertz CT molecular complexity index is 1130. The van der Waals surface area contributed by atoms with Crippen LogP contribution in [0.1, 0.15) is 28.9 Å². The van der Waals surface area contributed by atoms with Crippen LogP contribution in [-0.4, -0.2) is 22.8 Å². The lowest BCUT2D eigenvalue weighted by atomic mass is 10.1. The first-order valence-electron chi connectivity index (χ1n) is 8.99. The van der Waals surface area contributed by atoms with Crippen molar-refractivity contribution in [2.45, 2.75) is 20.1 Å². The molecule has 0 aliphatic heterocycles. The molecule has 0 amide bonds. The Morgan fingerprint density at radius 3 is 2.62 bits per heavy atom. The number of hydrogen-bond donors (Lipinski definition) is 0. The van der Waals surface area contributed by atoms with Gasteiger partial charge in [0, 0.05) is 28.1 Å². The third kappa shape index (κ3) is 4.16. The molecule has 4 aromatic rings. The van der Waals surface area contributed by atoms with E-state index in [1.165, 1.54) is 0 Å². The van der Waals surface area contributed by atoms with Crippen LogP contribution in [0.3, 0.4) is 0 Å². The molecule has 0 aliphatic rings. The minimum absolute atomic E-state index is 0.108. The number of rotatable bonds is 7. The van der Waals surface area contributed by atoms with Crippen LogP contribution in [0.4, 0.5) is 0 Å². The van der Waals surface area contributed by atoms with E-state index in [1.54, 1.807) is 30.3 Å². The topological polar surface area (TPSA) is 87.6 Å². The van der Waals surface area contributed by atoms with Gasteiger partial charge in [0.2, 0.25) is 11.7 Å². The third-order valence-electron chi connectivity index (χ3n) is 4.22. The molecule has 0 fully saturated rings. The molecule has 0 spiro atoms. The van der Waals surface area contributed by atoms with Gasteiger partial charge in [-0.05, 0) is 37.3 Å². The number of nitrogens with zero attached hydrogens (tertiary/aromatic N) is 2. The SMILES string of the molecule is CCOCc1c(C(=O)OCc2nnc(-c3ccc(Cl)cc3)o2)oc2ccccc12. The molecule has 4 rings (SSSR count). The van der Waals surface area contributed by atoms with Gasteiger partial charge in [-0.15, -0.1) is 10.2 Å². The Hall–Kier alpha value is -3.16. The quantitative estimate of drug-likeness (QED) is 0.393. The molecule has 0 N–H and O–H groups in total. The minimum atomic E-state index is -0.623. The predicted molar refractivity (Wildman–Crippen MR) is 105 cm³/mol. The summed E-state index contributed by atoms with van der Waals surface area (Å²) >= 11 is 5.88. The number of benzene rings is 2. The molecule has 0 bridgehead atoms. The summed E-state index contributed by atoms with van der Waals surface area (Å²) in [6.45, 7) is 2.47. The van der Waals surface area contributed by atoms with Crippen molar-refractivity contribution in [3.8, 4) is 11.5 Å². The molecule has 0 unspecified atom stereocenters. The molecule has 0 saturated carbocycles. The van der Waals surface area contributed by atoms with Crippen LogP contribution in [0.2, 0.25) is 5.02 Å². The van der Waals surface area contributed by atoms with E-state index in [2.05, 4.69) is 10.2 Å². The van der Waals surface area contributed by atoms with Crippen LogP contribution in [0.15, 0.2) is 57.4 Å². The van der Waals surface area contributed by atoms with Crippen molar-refractivity contribution < 1.29 is 23.1 Å². The number of fused-ring (bicyclic) bond motifs is 1. The summed E-state index contributed by atoms with van der Waals surface area (Å²) in [5.74, 6) is -0.0292. The highest BCUT2D eigenvalue weighted by molar-refractivity contribution is 6.30. The molecule has 148 valence electrons. The number of hydrogen-bond acceptors (Lipinski definition) is 7. The smallest absolute Gasteiger partial charge is 0.375 e. The summed E-state index contributed by atoms with van der Waals surface area (Å²) in [4.78, 5) is 12.6. The van der Waals surface area contributed by atoms with Crippen molar-refractivity contribution in [2.75, 3.05) is 6.61 Å². The summed E-state index contributed by atoms with van der Waals surface area (Å²) in [5, 5.41) is 9.30. The fraction of sp³-hybridized carbons (Fsp3) is 0.190. The van der Waals surface area contributed by atoms with Gasteiger partial charge in [-0.1, -0.05) is 29.8 Å². The van der Waals surface area contributed by atoms with E-state index < -0.39 is 5.97 Å². The maximum absolute atomic E-state index is 12.6. The normalized spacial score (nSPS) is 11.1. The van der Waals surface area contributed by atoms with Gasteiger partial charge in [0.15, 0.2) is 6.61 Å². The second-order valence-electron chi connectivity index (χ2n) is 6.13. The summed E-state index contributed by atoms with van der Waals surface area (Å²) < 4.78 is 22.1. The third-order valence-corrected chi connectivity index (χ3v) is 4.47. The average Bonchev–Trinajstić information content (AvgIpc) is 3.36. The highest BCUT2D eigenvalue weighted by Crippen LogP contribution is 2.27. The fourth-order valence-electron chi connectivity index (χ4n) is 2.82. The van der Waals surface area contributed by atoms with Crippen LogP contribution in [0, 0.1) is 0 Å². The zero-order chi connectivity index (χ0) is 20.2. The lowest BCUT2D eigenvalue weighted by Gasteiger charge is -2.03. The Labute approximate surface area is 171 Å². The summed E-state index contributed by atoms with van der Waals surface area (Å²) in [5.41, 5.74) is 1.97. The van der Waals surface area contributed by atoms with E-state index in [0.717, 1.165) is 10.9 Å². The van der Waals surface area contributed by atoms with Gasteiger partial charge in [0.05, 0.1) is 6.61 Å². The average molecular weight is 413 g/mol. The molecule has 0 aliphatic carbocycles. The van der Waals surface area contributed by atoms with Crippen LogP contribution >= 0.6 is 11.6 Å². The molecule has 29 heavy (non-hydrogen) atoms. The van der Waals surface area contributed by atoms with E-state index in [0.29, 0.717) is 28.7 Å². The standard InChI is InChI=1S/C21H17ClN2O5/c1-2-26-11-16-15-5-3-4-6-17(15)28-19(16)21(25)27-12-18-23-24-20(29-18)13-7-9-14(22)10-8-13/h3-10H,2,11-12H2,1H3. The van der Waals surface area contributed by atoms with Crippen LogP contribution in [-0.2, 0) is 22.7 Å². The van der Waals surface area contributed by atoms with E-state index in [4.69, 9.17) is 29.9 Å². The van der Waals surface area contributed by atoms with Crippen molar-refractivity contribution >= 4 is 28.5 Å². The number of aromatic nitrogens is 2. The van der Waals surface area contributed by atoms with Gasteiger partial charge >= 0.3 is 5.97 Å². The van der Waals surface area contributed by atoms with Crippen molar-refractivity contribution in [2.24, 2.45) is 0 Å². The van der Waals surface area contributed by atoms with E-state index in [1.807, 2.05) is 25.1 Å². The Morgan fingerprint density at radius 2 is 1.83 bits per heavy atom. The maximum Gasteiger partial charge on any atom is 0.375 e. The maximum atomic E-state index is 12.6. The Balaban J connectivity index is 1.49. The number of carbonyl (C=O) groups excluding carboxylic acids is 1. The van der Waals surface area contributed by atoms with Crippen molar-refractivity contribution in [3.05, 3.63) is 70.8 Å². The van der Waals surface area contributed by atoms with Gasteiger partial charge in [-0.3, -0.25) is 0 Å². The van der Waals surface area contributed by atoms with Gasteiger partial charge in [0.1, 0.15) is 5.58 Å². The van der Waals surface area contributed by atoms with E-state index in [-0.39, 0.29) is 24.9 Å². The lowest BCUT2D eigenvalue weighted by molar-refractivity contribution is 0.0396. The van der Waals surface area contributed by atoms with Crippen molar-refractivity contribution in [1.82, 2.24) is 10.2 Å². The van der Waals surface area contributed by atoms with Crippen LogP contribution in [0.5, 0.6) is 0 Å². The molecule has 0 atom stereocenters.